The molecule has 0 amide bonds. The highest BCUT2D eigenvalue weighted by Gasteiger charge is 2.19. The number of allylic oxidation sites excluding steroid dienone is 3. The van der Waals surface area contributed by atoms with Crippen LogP contribution in [0, 0.1) is 0 Å². The quantitative estimate of drug-likeness (QED) is 0.544. The van der Waals surface area contributed by atoms with E-state index < -0.39 is 0 Å². The van der Waals surface area contributed by atoms with Gasteiger partial charge in [-0.3, -0.25) is 9.59 Å². The largest absolute Gasteiger partial charge is 0.504 e. The van der Waals surface area contributed by atoms with Crippen LogP contribution in [-0.2, 0) is 0 Å². The maximum Gasteiger partial charge on any atom is 0.204 e. The molecule has 130 valence electrons. The van der Waals surface area contributed by atoms with Crippen molar-refractivity contribution in [2.24, 2.45) is 0 Å². The fourth-order valence-corrected chi connectivity index (χ4v) is 2.13. The minimum Gasteiger partial charge on any atom is -0.504 e. The van der Waals surface area contributed by atoms with Crippen LogP contribution in [-0.4, -0.2) is 31.4 Å². The van der Waals surface area contributed by atoms with Gasteiger partial charge in [0.2, 0.25) is 5.75 Å². The molecule has 1 aromatic carbocycles. The van der Waals surface area contributed by atoms with Crippen LogP contribution in [0.15, 0.2) is 29.4 Å². The molecule has 0 atom stereocenters. The Morgan fingerprint density at radius 3 is 2.42 bits per heavy atom. The molecule has 0 aliphatic heterocycles. The smallest absolute Gasteiger partial charge is 0.204 e. The summed E-state index contributed by atoms with van der Waals surface area (Å²) in [6, 6.07) is 1.37. The molecule has 0 aromatic heterocycles. The van der Waals surface area contributed by atoms with Crippen molar-refractivity contribution in [2.45, 2.75) is 33.6 Å². The minimum atomic E-state index is -0.387. The number of rotatable bonds is 9. The van der Waals surface area contributed by atoms with Crippen molar-refractivity contribution in [2.75, 3.05) is 13.7 Å². The lowest BCUT2D eigenvalue weighted by Gasteiger charge is -2.14. The molecule has 0 saturated heterocycles. The van der Waals surface area contributed by atoms with Gasteiger partial charge >= 0.3 is 0 Å². The summed E-state index contributed by atoms with van der Waals surface area (Å²) in [6.45, 7) is 6.35. The molecule has 1 aromatic rings. The topological polar surface area (TPSA) is 72.8 Å². The minimum absolute atomic E-state index is 0.0542. The van der Waals surface area contributed by atoms with Crippen LogP contribution in [0.2, 0.25) is 0 Å². The van der Waals surface area contributed by atoms with Crippen molar-refractivity contribution in [3.63, 3.8) is 0 Å². The summed E-state index contributed by atoms with van der Waals surface area (Å²) in [7, 11) is 1.40. The Bertz CT molecular complexity index is 652. The first-order valence-corrected chi connectivity index (χ1v) is 7.70. The van der Waals surface area contributed by atoms with Crippen LogP contribution in [0.25, 0.3) is 0 Å². The number of benzene rings is 1. The molecule has 0 bridgehead atoms. The zero-order chi connectivity index (χ0) is 18.1. The molecule has 1 rings (SSSR count). The number of ether oxygens (including phenoxy) is 2. The first-order valence-electron chi connectivity index (χ1n) is 7.70. The van der Waals surface area contributed by atoms with Crippen molar-refractivity contribution in [1.29, 1.82) is 0 Å². The second kappa shape index (κ2) is 9.55. The molecule has 0 heterocycles. The molecular formula is C19H24O5. The van der Waals surface area contributed by atoms with Gasteiger partial charge in [-0.2, -0.15) is 0 Å². The summed E-state index contributed by atoms with van der Waals surface area (Å²) in [4.78, 5) is 22.1. The lowest BCUT2D eigenvalue weighted by molar-refractivity contribution is 0.109. The Morgan fingerprint density at radius 1 is 1.17 bits per heavy atom. The van der Waals surface area contributed by atoms with Gasteiger partial charge in [0.1, 0.15) is 6.61 Å². The second-order valence-corrected chi connectivity index (χ2v) is 5.68. The SMILES string of the molecule is COc1cc(C=O)c(C=O)c(O)c1OC/C=C(\C)CCC=C(C)C. The first-order chi connectivity index (χ1) is 11.4. The molecule has 0 aliphatic carbocycles. The number of carbonyl (C=O) groups excluding carboxylic acids is 2. The van der Waals surface area contributed by atoms with Crippen LogP contribution in [0.3, 0.4) is 0 Å². The number of phenolic OH excluding ortho intramolecular Hbond substituents is 1. The lowest BCUT2D eigenvalue weighted by atomic mass is 10.1. The normalized spacial score (nSPS) is 10.9. The van der Waals surface area contributed by atoms with Gasteiger partial charge < -0.3 is 14.6 Å². The van der Waals surface area contributed by atoms with Crippen LogP contribution < -0.4 is 9.47 Å². The van der Waals surface area contributed by atoms with Crippen LogP contribution in [0.5, 0.6) is 17.2 Å². The predicted molar refractivity (Wildman–Crippen MR) is 93.4 cm³/mol. The molecule has 5 nitrogen and oxygen atoms in total. The van der Waals surface area contributed by atoms with E-state index in [1.807, 2.05) is 13.0 Å². The van der Waals surface area contributed by atoms with E-state index in [1.165, 1.54) is 18.7 Å². The van der Waals surface area contributed by atoms with E-state index in [0.29, 0.717) is 12.6 Å². The summed E-state index contributed by atoms with van der Waals surface area (Å²) in [6.07, 6.45) is 6.87. The number of aldehydes is 2. The van der Waals surface area contributed by atoms with E-state index in [-0.39, 0.29) is 35.0 Å². The monoisotopic (exact) mass is 332 g/mol. The molecular weight excluding hydrogens is 308 g/mol. The summed E-state index contributed by atoms with van der Waals surface area (Å²) in [5.74, 6) is -0.128. The number of hydrogen-bond acceptors (Lipinski definition) is 5. The van der Waals surface area contributed by atoms with Crippen molar-refractivity contribution in [3.8, 4) is 17.2 Å². The van der Waals surface area contributed by atoms with E-state index in [0.717, 1.165) is 18.4 Å². The van der Waals surface area contributed by atoms with Crippen LogP contribution in [0.4, 0.5) is 0 Å². The molecule has 1 N–H and O–H groups in total. The third-order valence-electron chi connectivity index (χ3n) is 3.51. The van der Waals surface area contributed by atoms with Gasteiger partial charge in [0.05, 0.1) is 12.7 Å². The van der Waals surface area contributed by atoms with Crippen molar-refractivity contribution in [3.05, 3.63) is 40.5 Å². The number of aromatic hydroxyl groups is 1. The maximum atomic E-state index is 11.1. The molecule has 24 heavy (non-hydrogen) atoms. The number of carbonyl (C=O) groups is 2. The fourth-order valence-electron chi connectivity index (χ4n) is 2.13. The van der Waals surface area contributed by atoms with E-state index in [2.05, 4.69) is 19.9 Å². The van der Waals surface area contributed by atoms with Crippen molar-refractivity contribution >= 4 is 12.6 Å². The van der Waals surface area contributed by atoms with Gasteiger partial charge in [-0.1, -0.05) is 17.2 Å². The van der Waals surface area contributed by atoms with Crippen LogP contribution in [0.1, 0.15) is 54.3 Å². The number of methoxy groups -OCH3 is 1. The fraction of sp³-hybridized carbons (Fsp3) is 0.368. The summed E-state index contributed by atoms with van der Waals surface area (Å²) in [5, 5.41) is 10.2. The number of hydrogen-bond donors (Lipinski definition) is 1. The molecule has 0 unspecified atom stereocenters. The Labute approximate surface area is 142 Å². The second-order valence-electron chi connectivity index (χ2n) is 5.68. The molecule has 0 radical (unpaired) electrons. The number of phenols is 1. The van der Waals surface area contributed by atoms with Gasteiger partial charge in [0.15, 0.2) is 24.1 Å². The third-order valence-corrected chi connectivity index (χ3v) is 3.51. The average molecular weight is 332 g/mol. The summed E-state index contributed by atoms with van der Waals surface area (Å²) >= 11 is 0. The highest BCUT2D eigenvalue weighted by Crippen LogP contribution is 2.40. The van der Waals surface area contributed by atoms with Gasteiger partial charge in [-0.15, -0.1) is 0 Å². The molecule has 0 saturated carbocycles. The van der Waals surface area contributed by atoms with Crippen molar-refractivity contribution in [1.82, 2.24) is 0 Å². The van der Waals surface area contributed by atoms with Gasteiger partial charge in [0, 0.05) is 5.56 Å². The molecule has 0 fully saturated rings. The Kier molecular flexibility index (Phi) is 7.75. The predicted octanol–water partition coefficient (Wildman–Crippen LogP) is 4.10. The van der Waals surface area contributed by atoms with Crippen LogP contribution >= 0.6 is 0 Å². The standard InChI is InChI=1S/C19H24O5/c1-13(2)6-5-7-14(3)8-9-24-19-17(23-4)10-15(11-20)16(12-21)18(19)22/h6,8,10-12,22H,5,7,9H2,1-4H3/b14-8+. The molecule has 0 spiro atoms. The van der Waals surface area contributed by atoms with Gasteiger partial charge in [-0.25, -0.2) is 0 Å². The molecule has 0 aliphatic rings. The highest BCUT2D eigenvalue weighted by molar-refractivity contribution is 5.95. The van der Waals surface area contributed by atoms with E-state index in [1.54, 1.807) is 0 Å². The first kappa shape index (κ1) is 19.5. The lowest BCUT2D eigenvalue weighted by Crippen LogP contribution is -2.02. The van der Waals surface area contributed by atoms with E-state index in [9.17, 15) is 14.7 Å². The Balaban J connectivity index is 2.89. The molecule has 5 heteroatoms. The summed E-state index contributed by atoms with van der Waals surface area (Å²) in [5.41, 5.74) is 2.39. The third kappa shape index (κ3) is 5.26. The average Bonchev–Trinajstić information content (AvgIpc) is 2.55. The Morgan fingerprint density at radius 2 is 1.88 bits per heavy atom. The van der Waals surface area contributed by atoms with E-state index in [4.69, 9.17) is 9.47 Å². The maximum absolute atomic E-state index is 11.1. The van der Waals surface area contributed by atoms with Crippen molar-refractivity contribution < 1.29 is 24.2 Å². The summed E-state index contributed by atoms with van der Waals surface area (Å²) < 4.78 is 10.7. The Hall–Kier alpha value is -2.56. The van der Waals surface area contributed by atoms with E-state index >= 15 is 0 Å². The van der Waals surface area contributed by atoms with Gasteiger partial charge in [0.25, 0.3) is 0 Å². The van der Waals surface area contributed by atoms with Gasteiger partial charge in [-0.05, 0) is 45.8 Å². The zero-order valence-corrected chi connectivity index (χ0v) is 14.6. The zero-order valence-electron chi connectivity index (χ0n) is 14.6. The highest BCUT2D eigenvalue weighted by atomic mass is 16.5.